The van der Waals surface area contributed by atoms with Gasteiger partial charge in [0.25, 0.3) is 5.91 Å². The van der Waals surface area contributed by atoms with Gasteiger partial charge in [0, 0.05) is 18.2 Å². The molecule has 2 N–H and O–H groups in total. The first kappa shape index (κ1) is 19.5. The normalized spacial score (nSPS) is 10.4. The molecular weight excluding hydrogens is 370 g/mol. The molecule has 0 aliphatic heterocycles. The second-order valence-electron chi connectivity index (χ2n) is 5.07. The average molecular weight is 385 g/mol. The van der Waals surface area contributed by atoms with E-state index < -0.39 is 12.5 Å². The van der Waals surface area contributed by atoms with Crippen LogP contribution in [0.25, 0.3) is 0 Å². The number of carbonyl (C=O) groups is 2. The van der Waals surface area contributed by atoms with E-state index in [0.29, 0.717) is 16.4 Å². The number of benzene rings is 2. The van der Waals surface area contributed by atoms with Crippen molar-refractivity contribution in [3.05, 3.63) is 47.0 Å². The summed E-state index contributed by atoms with van der Waals surface area (Å²) in [7, 11) is 1.27. The number of halogens is 3. The predicted molar refractivity (Wildman–Crippen MR) is 93.3 cm³/mol. The summed E-state index contributed by atoms with van der Waals surface area (Å²) in [4.78, 5) is 23.5. The number of hydrogen-bond acceptors (Lipinski definition) is 4. The molecule has 2 rings (SSSR count). The smallest absolute Gasteiger partial charge is 0.387 e. The Bertz CT molecular complexity index is 830. The maximum atomic E-state index is 12.4. The third-order valence-corrected chi connectivity index (χ3v) is 3.51. The third kappa shape index (κ3) is 5.06. The largest absolute Gasteiger partial charge is 0.493 e. The van der Waals surface area contributed by atoms with Crippen LogP contribution >= 0.6 is 11.6 Å². The summed E-state index contributed by atoms with van der Waals surface area (Å²) in [5, 5.41) is 5.47. The summed E-state index contributed by atoms with van der Waals surface area (Å²) in [5.41, 5.74) is 0.893. The number of amides is 2. The van der Waals surface area contributed by atoms with Crippen LogP contribution in [0, 0.1) is 0 Å². The molecule has 0 bridgehead atoms. The van der Waals surface area contributed by atoms with Crippen molar-refractivity contribution >= 4 is 34.8 Å². The fourth-order valence-corrected chi connectivity index (χ4v) is 2.26. The van der Waals surface area contributed by atoms with E-state index in [4.69, 9.17) is 16.3 Å². The number of methoxy groups -OCH3 is 1. The zero-order valence-electron chi connectivity index (χ0n) is 13.8. The van der Waals surface area contributed by atoms with E-state index in [-0.39, 0.29) is 23.0 Å². The minimum absolute atomic E-state index is 0.00649. The number of ether oxygens (including phenoxy) is 2. The molecule has 138 valence electrons. The van der Waals surface area contributed by atoms with Gasteiger partial charge in [0.1, 0.15) is 0 Å². The van der Waals surface area contributed by atoms with Gasteiger partial charge in [0.05, 0.1) is 17.8 Å². The molecule has 0 spiro atoms. The number of hydrogen-bond donors (Lipinski definition) is 2. The van der Waals surface area contributed by atoms with Gasteiger partial charge in [0.2, 0.25) is 5.91 Å². The third-order valence-electron chi connectivity index (χ3n) is 3.18. The maximum Gasteiger partial charge on any atom is 0.387 e. The lowest BCUT2D eigenvalue weighted by Crippen LogP contribution is -2.13. The van der Waals surface area contributed by atoms with Crippen molar-refractivity contribution in [1.29, 1.82) is 0 Å². The van der Waals surface area contributed by atoms with E-state index in [1.807, 2.05) is 0 Å². The van der Waals surface area contributed by atoms with Gasteiger partial charge >= 0.3 is 6.61 Å². The summed E-state index contributed by atoms with van der Waals surface area (Å²) in [6, 6.07) is 8.37. The van der Waals surface area contributed by atoms with Crippen molar-refractivity contribution in [2.45, 2.75) is 13.5 Å². The van der Waals surface area contributed by atoms with Crippen LogP contribution in [0.4, 0.5) is 20.2 Å². The van der Waals surface area contributed by atoms with Crippen molar-refractivity contribution in [3.63, 3.8) is 0 Å². The van der Waals surface area contributed by atoms with E-state index >= 15 is 0 Å². The molecule has 2 amide bonds. The first-order valence-electron chi connectivity index (χ1n) is 7.31. The van der Waals surface area contributed by atoms with Gasteiger partial charge < -0.3 is 20.1 Å². The molecule has 0 aliphatic carbocycles. The van der Waals surface area contributed by atoms with Crippen LogP contribution in [0.5, 0.6) is 11.5 Å². The van der Waals surface area contributed by atoms with Gasteiger partial charge in [-0.3, -0.25) is 9.59 Å². The maximum absolute atomic E-state index is 12.4. The van der Waals surface area contributed by atoms with Crippen LogP contribution in [-0.4, -0.2) is 25.5 Å². The van der Waals surface area contributed by atoms with Crippen LogP contribution in [-0.2, 0) is 4.79 Å². The number of carbonyl (C=O) groups excluding carboxylic acids is 2. The lowest BCUT2D eigenvalue weighted by atomic mass is 10.1. The van der Waals surface area contributed by atoms with Crippen LogP contribution in [0.1, 0.15) is 17.3 Å². The van der Waals surface area contributed by atoms with Crippen LogP contribution in [0.2, 0.25) is 5.02 Å². The van der Waals surface area contributed by atoms with E-state index in [9.17, 15) is 18.4 Å². The minimum atomic E-state index is -3.01. The van der Waals surface area contributed by atoms with E-state index in [1.54, 1.807) is 6.07 Å². The van der Waals surface area contributed by atoms with Gasteiger partial charge in [-0.1, -0.05) is 11.6 Å². The Hall–Kier alpha value is -2.87. The first-order chi connectivity index (χ1) is 12.3. The average Bonchev–Trinajstić information content (AvgIpc) is 2.57. The van der Waals surface area contributed by atoms with Crippen molar-refractivity contribution in [2.24, 2.45) is 0 Å². The Morgan fingerprint density at radius 3 is 2.42 bits per heavy atom. The highest BCUT2D eigenvalue weighted by Gasteiger charge is 2.15. The summed E-state index contributed by atoms with van der Waals surface area (Å²) in [6.07, 6.45) is 0. The van der Waals surface area contributed by atoms with Gasteiger partial charge in [-0.15, -0.1) is 0 Å². The Morgan fingerprint density at radius 2 is 1.81 bits per heavy atom. The number of alkyl halides is 2. The molecule has 0 atom stereocenters. The summed E-state index contributed by atoms with van der Waals surface area (Å²) >= 11 is 5.97. The Morgan fingerprint density at radius 1 is 1.08 bits per heavy atom. The molecule has 0 fully saturated rings. The zero-order chi connectivity index (χ0) is 19.3. The topological polar surface area (TPSA) is 76.7 Å². The second kappa shape index (κ2) is 8.48. The van der Waals surface area contributed by atoms with Crippen molar-refractivity contribution < 1.29 is 27.8 Å². The van der Waals surface area contributed by atoms with Gasteiger partial charge in [-0.2, -0.15) is 8.78 Å². The van der Waals surface area contributed by atoms with Crippen molar-refractivity contribution in [1.82, 2.24) is 0 Å². The molecule has 26 heavy (non-hydrogen) atoms. The molecular formula is C17H15ClF2N2O4. The molecule has 9 heteroatoms. The second-order valence-corrected chi connectivity index (χ2v) is 5.48. The highest BCUT2D eigenvalue weighted by atomic mass is 35.5. The fraction of sp³-hybridized carbons (Fsp3) is 0.176. The minimum Gasteiger partial charge on any atom is -0.493 e. The molecule has 0 heterocycles. The van der Waals surface area contributed by atoms with Crippen molar-refractivity contribution in [2.75, 3.05) is 17.7 Å². The van der Waals surface area contributed by atoms with Crippen LogP contribution < -0.4 is 20.1 Å². The molecule has 2 aromatic rings. The lowest BCUT2D eigenvalue weighted by Gasteiger charge is -2.12. The molecule has 0 saturated heterocycles. The molecule has 0 radical (unpaired) electrons. The van der Waals surface area contributed by atoms with E-state index in [1.165, 1.54) is 44.4 Å². The number of nitrogens with one attached hydrogen (secondary N) is 2. The Labute approximate surface area is 153 Å². The summed E-state index contributed by atoms with van der Waals surface area (Å²) in [6.45, 7) is -1.68. The van der Waals surface area contributed by atoms with Gasteiger partial charge in [-0.25, -0.2) is 0 Å². The molecule has 6 nitrogen and oxygen atoms in total. The summed E-state index contributed by atoms with van der Waals surface area (Å²) in [5.74, 6) is -1.01. The number of rotatable bonds is 6. The van der Waals surface area contributed by atoms with Crippen LogP contribution in [0.3, 0.4) is 0 Å². The van der Waals surface area contributed by atoms with E-state index in [0.717, 1.165) is 0 Å². The van der Waals surface area contributed by atoms with Gasteiger partial charge in [0.15, 0.2) is 11.5 Å². The zero-order valence-corrected chi connectivity index (χ0v) is 14.6. The van der Waals surface area contributed by atoms with E-state index in [2.05, 4.69) is 15.4 Å². The quantitative estimate of drug-likeness (QED) is 0.784. The molecule has 0 aliphatic rings. The van der Waals surface area contributed by atoms with Crippen molar-refractivity contribution in [3.8, 4) is 11.5 Å². The SMILES string of the molecule is COc1cc(C(=O)Nc2ccc(Cl)c(NC(C)=O)c2)ccc1OC(F)F. The molecule has 0 aromatic heterocycles. The first-order valence-corrected chi connectivity index (χ1v) is 7.69. The fourth-order valence-electron chi connectivity index (χ4n) is 2.09. The predicted octanol–water partition coefficient (Wildman–Crippen LogP) is 4.16. The Kier molecular flexibility index (Phi) is 6.35. The highest BCUT2D eigenvalue weighted by Crippen LogP contribution is 2.30. The molecule has 2 aromatic carbocycles. The monoisotopic (exact) mass is 384 g/mol. The van der Waals surface area contributed by atoms with Gasteiger partial charge in [-0.05, 0) is 36.4 Å². The molecule has 0 saturated carbocycles. The molecule has 0 unspecified atom stereocenters. The van der Waals surface area contributed by atoms with Crippen LogP contribution in [0.15, 0.2) is 36.4 Å². The Balaban J connectivity index is 2.21. The number of anilines is 2. The highest BCUT2D eigenvalue weighted by molar-refractivity contribution is 6.33. The summed E-state index contributed by atoms with van der Waals surface area (Å²) < 4.78 is 34.0. The standard InChI is InChI=1S/C17H15ClF2N2O4/c1-9(23)21-13-8-11(4-5-12(13)18)22-16(24)10-3-6-14(26-17(19)20)15(7-10)25-2/h3-8,17H,1-2H3,(H,21,23)(H,22,24). The lowest BCUT2D eigenvalue weighted by molar-refractivity contribution is -0.114.